The Bertz CT molecular complexity index is 601. The van der Waals surface area contributed by atoms with Gasteiger partial charge in [0, 0.05) is 20.5 Å². The molecule has 0 spiro atoms. The van der Waals surface area contributed by atoms with E-state index in [2.05, 4.69) is 34.0 Å². The number of nitrogens with two attached hydrogens (primary N) is 1. The van der Waals surface area contributed by atoms with Gasteiger partial charge in [0.2, 0.25) is 0 Å². The third kappa shape index (κ3) is 3.34. The highest BCUT2D eigenvalue weighted by molar-refractivity contribution is 14.1. The van der Waals surface area contributed by atoms with Crippen LogP contribution in [0, 0.1) is 3.57 Å². The zero-order valence-electron chi connectivity index (χ0n) is 9.28. The van der Waals surface area contributed by atoms with Crippen LogP contribution < -0.4 is 11.1 Å². The fourth-order valence-corrected chi connectivity index (χ4v) is 2.59. The Morgan fingerprint density at radius 2 is 1.89 bits per heavy atom. The van der Waals surface area contributed by atoms with Crippen LogP contribution in [0.4, 0.5) is 11.4 Å². The molecule has 18 heavy (non-hydrogen) atoms. The Labute approximate surface area is 130 Å². The highest BCUT2D eigenvalue weighted by Crippen LogP contribution is 2.24. The number of hydrogen-bond donors (Lipinski definition) is 2. The van der Waals surface area contributed by atoms with Gasteiger partial charge in [-0.2, -0.15) is 0 Å². The molecular formula is C13H10ClIN2S. The molecule has 0 fully saturated rings. The van der Waals surface area contributed by atoms with Crippen molar-refractivity contribution in [2.24, 2.45) is 5.73 Å². The summed E-state index contributed by atoms with van der Waals surface area (Å²) in [6.45, 7) is 0. The maximum Gasteiger partial charge on any atom is 0.105 e. The van der Waals surface area contributed by atoms with Gasteiger partial charge in [0.25, 0.3) is 0 Å². The van der Waals surface area contributed by atoms with Gasteiger partial charge in [-0.1, -0.05) is 29.9 Å². The molecule has 0 atom stereocenters. The van der Waals surface area contributed by atoms with Crippen molar-refractivity contribution in [3.63, 3.8) is 0 Å². The van der Waals surface area contributed by atoms with E-state index >= 15 is 0 Å². The summed E-state index contributed by atoms with van der Waals surface area (Å²) in [6.07, 6.45) is 0. The molecule has 0 heterocycles. The van der Waals surface area contributed by atoms with Crippen LogP contribution in [-0.2, 0) is 0 Å². The van der Waals surface area contributed by atoms with Gasteiger partial charge in [-0.25, -0.2) is 0 Å². The Morgan fingerprint density at radius 3 is 2.50 bits per heavy atom. The zero-order valence-corrected chi connectivity index (χ0v) is 13.0. The van der Waals surface area contributed by atoms with Gasteiger partial charge in [-0.05, 0) is 59.0 Å². The molecule has 0 aromatic heterocycles. The first-order valence-electron chi connectivity index (χ1n) is 5.18. The summed E-state index contributed by atoms with van der Waals surface area (Å²) in [5.41, 5.74) is 8.18. The molecular weight excluding hydrogens is 379 g/mol. The Kier molecular flexibility index (Phi) is 4.42. The van der Waals surface area contributed by atoms with Gasteiger partial charge in [0.05, 0.1) is 5.02 Å². The largest absolute Gasteiger partial charge is 0.389 e. The third-order valence-electron chi connectivity index (χ3n) is 2.35. The third-order valence-corrected chi connectivity index (χ3v) is 3.55. The highest BCUT2D eigenvalue weighted by atomic mass is 127. The Morgan fingerprint density at radius 1 is 1.17 bits per heavy atom. The minimum absolute atomic E-state index is 0.306. The van der Waals surface area contributed by atoms with Gasteiger partial charge >= 0.3 is 0 Å². The van der Waals surface area contributed by atoms with Crippen LogP contribution in [0.25, 0.3) is 0 Å². The van der Waals surface area contributed by atoms with E-state index in [1.54, 1.807) is 0 Å². The molecule has 0 aliphatic carbocycles. The maximum atomic E-state index is 6.11. The number of thiocarbonyl (C=S) groups is 1. The van der Waals surface area contributed by atoms with Crippen molar-refractivity contribution >= 4 is 62.8 Å². The lowest BCUT2D eigenvalue weighted by Gasteiger charge is -2.09. The van der Waals surface area contributed by atoms with Gasteiger partial charge in [-0.3, -0.25) is 0 Å². The van der Waals surface area contributed by atoms with E-state index in [4.69, 9.17) is 29.6 Å². The van der Waals surface area contributed by atoms with Crippen molar-refractivity contribution in [2.75, 3.05) is 5.32 Å². The van der Waals surface area contributed by atoms with Crippen LogP contribution in [0.3, 0.4) is 0 Å². The minimum atomic E-state index is 0.306. The second-order valence-corrected chi connectivity index (χ2v) is 5.79. The van der Waals surface area contributed by atoms with Gasteiger partial charge < -0.3 is 11.1 Å². The van der Waals surface area contributed by atoms with E-state index in [1.165, 1.54) is 3.57 Å². The first kappa shape index (κ1) is 13.6. The van der Waals surface area contributed by atoms with Crippen molar-refractivity contribution in [3.05, 3.63) is 56.6 Å². The molecule has 0 unspecified atom stereocenters. The van der Waals surface area contributed by atoms with Gasteiger partial charge in [-0.15, -0.1) is 0 Å². The predicted octanol–water partition coefficient (Wildman–Crippen LogP) is 4.32. The molecule has 0 radical (unpaired) electrons. The predicted molar refractivity (Wildman–Crippen MR) is 89.8 cm³/mol. The lowest BCUT2D eigenvalue weighted by Crippen LogP contribution is -2.09. The molecule has 0 aliphatic rings. The van der Waals surface area contributed by atoms with Crippen molar-refractivity contribution < 1.29 is 0 Å². The number of rotatable bonds is 3. The number of hydrogen-bond acceptors (Lipinski definition) is 2. The monoisotopic (exact) mass is 388 g/mol. The van der Waals surface area contributed by atoms with Gasteiger partial charge in [0.15, 0.2) is 0 Å². The molecule has 3 N–H and O–H groups in total. The first-order valence-corrected chi connectivity index (χ1v) is 7.05. The summed E-state index contributed by atoms with van der Waals surface area (Å²) >= 11 is 13.3. The topological polar surface area (TPSA) is 38.0 Å². The van der Waals surface area contributed by atoms with Crippen LogP contribution in [0.1, 0.15) is 5.56 Å². The normalized spacial score (nSPS) is 10.1. The summed E-state index contributed by atoms with van der Waals surface area (Å²) in [4.78, 5) is 0.306. The summed E-state index contributed by atoms with van der Waals surface area (Å²) < 4.78 is 1.17. The molecule has 5 heteroatoms. The maximum absolute atomic E-state index is 6.11. The standard InChI is InChI=1S/C13H10ClIN2S/c14-12-7-10(4-5-11(12)13(16)18)17-9-3-1-2-8(15)6-9/h1-7,17H,(H2,16,18). The fourth-order valence-electron chi connectivity index (χ4n) is 1.53. The molecule has 2 rings (SSSR count). The van der Waals surface area contributed by atoms with Crippen LogP contribution >= 0.6 is 46.4 Å². The van der Waals surface area contributed by atoms with Crippen molar-refractivity contribution in [1.29, 1.82) is 0 Å². The minimum Gasteiger partial charge on any atom is -0.389 e. The lowest BCUT2D eigenvalue weighted by molar-refractivity contribution is 1.52. The van der Waals surface area contributed by atoms with Crippen LogP contribution in [0.5, 0.6) is 0 Å². The summed E-state index contributed by atoms with van der Waals surface area (Å²) in [7, 11) is 0. The molecule has 0 saturated heterocycles. The van der Waals surface area contributed by atoms with Crippen molar-refractivity contribution in [3.8, 4) is 0 Å². The fraction of sp³-hybridized carbons (Fsp3) is 0. The first-order chi connectivity index (χ1) is 8.56. The highest BCUT2D eigenvalue weighted by Gasteiger charge is 2.04. The molecule has 0 bridgehead atoms. The summed E-state index contributed by atoms with van der Waals surface area (Å²) in [5.74, 6) is 0. The van der Waals surface area contributed by atoms with Crippen LogP contribution in [0.15, 0.2) is 42.5 Å². The number of nitrogens with one attached hydrogen (secondary N) is 1. The molecule has 0 aliphatic heterocycles. The molecule has 2 aromatic rings. The van der Waals surface area contributed by atoms with Crippen LogP contribution in [0.2, 0.25) is 5.02 Å². The van der Waals surface area contributed by atoms with Crippen LogP contribution in [-0.4, -0.2) is 4.99 Å². The zero-order chi connectivity index (χ0) is 13.1. The second kappa shape index (κ2) is 5.86. The Hall–Kier alpha value is -0.850. The lowest BCUT2D eigenvalue weighted by atomic mass is 10.2. The SMILES string of the molecule is NC(=S)c1ccc(Nc2cccc(I)c2)cc1Cl. The average Bonchev–Trinajstić information content (AvgIpc) is 2.28. The van der Waals surface area contributed by atoms with E-state index in [0.717, 1.165) is 11.4 Å². The van der Waals surface area contributed by atoms with Crippen molar-refractivity contribution in [2.45, 2.75) is 0 Å². The molecule has 0 saturated carbocycles. The van der Waals surface area contributed by atoms with E-state index < -0.39 is 0 Å². The average molecular weight is 389 g/mol. The second-order valence-electron chi connectivity index (χ2n) is 3.69. The van der Waals surface area contributed by atoms with Crippen molar-refractivity contribution in [1.82, 2.24) is 0 Å². The number of halogens is 2. The summed E-state index contributed by atoms with van der Waals surface area (Å²) in [6, 6.07) is 13.6. The van der Waals surface area contributed by atoms with E-state index in [9.17, 15) is 0 Å². The molecule has 92 valence electrons. The molecule has 0 amide bonds. The quantitative estimate of drug-likeness (QED) is 0.607. The molecule has 2 aromatic carbocycles. The van der Waals surface area contributed by atoms with Gasteiger partial charge in [0.1, 0.15) is 4.99 Å². The Balaban J connectivity index is 2.25. The van der Waals surface area contributed by atoms with E-state index in [1.807, 2.05) is 36.4 Å². The molecule has 2 nitrogen and oxygen atoms in total. The smallest absolute Gasteiger partial charge is 0.105 e. The van der Waals surface area contributed by atoms with E-state index in [-0.39, 0.29) is 0 Å². The van der Waals surface area contributed by atoms with E-state index in [0.29, 0.717) is 15.6 Å². The number of anilines is 2. The summed E-state index contributed by atoms with van der Waals surface area (Å²) in [5, 5.41) is 3.83. The number of benzene rings is 2.